The van der Waals surface area contributed by atoms with Gasteiger partial charge < -0.3 is 9.97 Å². The number of nitrogens with zero attached hydrogens (tertiary/aromatic N) is 2. The van der Waals surface area contributed by atoms with Crippen molar-refractivity contribution >= 4 is 130 Å². The molecule has 402 valence electrons. The Labute approximate surface area is 487 Å². The zero-order valence-electron chi connectivity index (χ0n) is 49.8. The Morgan fingerprint density at radius 1 is 0.214 bits per heavy atom. The van der Waals surface area contributed by atoms with Crippen molar-refractivity contribution in [1.82, 2.24) is 19.9 Å². The first kappa shape index (κ1) is 49.0. The van der Waals surface area contributed by atoms with Gasteiger partial charge in [-0.1, -0.05) is 119 Å². The molecule has 0 aliphatic rings. The first-order valence-electron chi connectivity index (χ1n) is 29.8. The Balaban J connectivity index is 1.08. The molecule has 17 rings (SSSR count). The Morgan fingerprint density at radius 3 is 0.619 bits per heavy atom. The highest BCUT2D eigenvalue weighted by Gasteiger charge is 2.28. The van der Waals surface area contributed by atoms with Crippen molar-refractivity contribution in [3.63, 3.8) is 0 Å². The van der Waals surface area contributed by atoms with Crippen LogP contribution in [0.1, 0.15) is 66.8 Å². The number of hydrogen-bond acceptors (Lipinski definition) is 2. The van der Waals surface area contributed by atoms with E-state index < -0.39 is 0 Å². The summed E-state index contributed by atoms with van der Waals surface area (Å²) in [5.41, 5.74) is 33.7. The molecule has 0 aliphatic carbocycles. The van der Waals surface area contributed by atoms with E-state index in [1.165, 1.54) is 176 Å². The van der Waals surface area contributed by atoms with E-state index in [-0.39, 0.29) is 0 Å². The molecule has 0 fully saturated rings. The molecule has 0 aliphatic heterocycles. The predicted octanol–water partition coefficient (Wildman–Crippen LogP) is 22.2. The topological polar surface area (TPSA) is 57.4 Å². The lowest BCUT2D eigenvalue weighted by molar-refractivity contribution is 1.32. The van der Waals surface area contributed by atoms with Crippen molar-refractivity contribution in [2.75, 3.05) is 0 Å². The third kappa shape index (κ3) is 6.60. The predicted molar refractivity (Wildman–Crippen MR) is 362 cm³/mol. The summed E-state index contributed by atoms with van der Waals surface area (Å²) in [6.07, 6.45) is 0. The second-order valence-electron chi connectivity index (χ2n) is 25.3. The molecule has 0 radical (unpaired) electrons. The molecule has 12 aromatic carbocycles. The highest BCUT2D eigenvalue weighted by molar-refractivity contribution is 6.46. The molecule has 0 unspecified atom stereocenters. The zero-order valence-corrected chi connectivity index (χ0v) is 49.8. The largest absolute Gasteiger partial charge is 0.354 e. The van der Waals surface area contributed by atoms with E-state index in [1.54, 1.807) is 0 Å². The van der Waals surface area contributed by atoms with Gasteiger partial charge in [0.15, 0.2) is 0 Å². The van der Waals surface area contributed by atoms with Crippen molar-refractivity contribution in [1.29, 1.82) is 0 Å². The molecule has 4 heteroatoms. The van der Waals surface area contributed by atoms with Crippen LogP contribution in [0.4, 0.5) is 0 Å². The number of H-pyrrole nitrogens is 2. The van der Waals surface area contributed by atoms with Crippen LogP contribution in [-0.4, -0.2) is 19.9 Å². The summed E-state index contributed by atoms with van der Waals surface area (Å²) in [6, 6.07) is 56.5. The Morgan fingerprint density at radius 2 is 0.417 bits per heavy atom. The van der Waals surface area contributed by atoms with E-state index in [2.05, 4.69) is 239 Å². The molecule has 0 atom stereocenters. The molecular formula is C80H62N4. The first-order chi connectivity index (χ1) is 40.6. The van der Waals surface area contributed by atoms with E-state index in [0.717, 1.165) is 65.7 Å². The SMILES string of the molecule is Cc1cc(C)c(-c2ccc3c(c2)c2c4nc5c(c6ccc([nH]6)c6c7ccc(-c8c(C)cc(C)cc8C)cc7c7c6nc6c(c8ccc([nH]8)c34)c3ccc(-c4c(C)cc(C)cc4C)cc3c67)c3ccc(-c4c(C)cc(C)cc4C)cc3c52)c(C)c1. The standard InChI is InChI=1S/C80H62N4/c1-37-25-41(5)65(42(6)26-37)49-13-17-53-57(33-49)73-74-58-34-50(66-43(7)27-38(2)28-44(66)8)14-18-54(58)70-62-23-24-64(82-62)72-56-20-16-52(68-47(11)31-40(4)32-48(68)12)36-60(56)76-75-59-35-51(67-45(9)29-39(3)30-46(67)10)15-19-55(59)71(79(75)84-80(72)76)63-22-21-61(81-63)69(53)77(73)83-78(70)74/h13-36,81-82H,1-12H3. The molecule has 0 saturated heterocycles. The molecule has 84 heavy (non-hydrogen) atoms. The number of benzene rings is 8. The molecule has 5 aromatic heterocycles. The average molecular weight is 1080 g/mol. The van der Waals surface area contributed by atoms with Crippen molar-refractivity contribution in [2.45, 2.75) is 83.1 Å². The van der Waals surface area contributed by atoms with Crippen LogP contribution in [0.2, 0.25) is 0 Å². The molecule has 0 saturated carbocycles. The van der Waals surface area contributed by atoms with E-state index in [1.807, 2.05) is 0 Å². The van der Waals surface area contributed by atoms with Crippen LogP contribution in [-0.2, 0) is 0 Å². The lowest BCUT2D eigenvalue weighted by Crippen LogP contribution is -1.90. The van der Waals surface area contributed by atoms with Gasteiger partial charge in [0.2, 0.25) is 0 Å². The summed E-state index contributed by atoms with van der Waals surface area (Å²) >= 11 is 0. The second kappa shape index (κ2) is 17.0. The van der Waals surface area contributed by atoms with Gasteiger partial charge in [-0.25, -0.2) is 9.97 Å². The van der Waals surface area contributed by atoms with E-state index >= 15 is 0 Å². The number of aromatic amines is 2. The fourth-order valence-corrected chi connectivity index (χ4v) is 16.7. The third-order valence-corrected chi connectivity index (χ3v) is 19.4. The monoisotopic (exact) mass is 1080 g/mol. The summed E-state index contributed by atoms with van der Waals surface area (Å²) in [6.45, 7) is 26.9. The minimum Gasteiger partial charge on any atom is -0.354 e. The Kier molecular flexibility index (Phi) is 9.91. The molecule has 2 N–H and O–H groups in total. The van der Waals surface area contributed by atoms with Gasteiger partial charge in [0.1, 0.15) is 0 Å². The molecule has 0 spiro atoms. The normalized spacial score (nSPS) is 12.5. The maximum absolute atomic E-state index is 5.98. The number of fused-ring (bicyclic) bond motifs is 22. The van der Waals surface area contributed by atoms with Gasteiger partial charge in [-0.2, -0.15) is 0 Å². The van der Waals surface area contributed by atoms with Crippen molar-refractivity contribution in [3.8, 4) is 44.5 Å². The molecule has 4 nitrogen and oxygen atoms in total. The fourth-order valence-electron chi connectivity index (χ4n) is 16.7. The molecule has 5 heterocycles. The van der Waals surface area contributed by atoms with Crippen LogP contribution >= 0.6 is 0 Å². The average Bonchev–Trinajstić information content (AvgIpc) is 1.59. The van der Waals surface area contributed by atoms with E-state index in [9.17, 15) is 0 Å². The van der Waals surface area contributed by atoms with Crippen LogP contribution in [0.5, 0.6) is 0 Å². The number of rotatable bonds is 4. The minimum absolute atomic E-state index is 1.02. The third-order valence-electron chi connectivity index (χ3n) is 19.4. The minimum atomic E-state index is 1.02. The van der Waals surface area contributed by atoms with Crippen LogP contribution in [0, 0.1) is 83.1 Å². The van der Waals surface area contributed by atoms with Gasteiger partial charge in [0, 0.05) is 65.2 Å². The summed E-state index contributed by atoms with van der Waals surface area (Å²) in [4.78, 5) is 20.2. The van der Waals surface area contributed by atoms with Crippen LogP contribution in [0.25, 0.3) is 175 Å². The van der Waals surface area contributed by atoms with Gasteiger partial charge in [0.25, 0.3) is 0 Å². The number of aryl methyl sites for hydroxylation is 12. The maximum Gasteiger partial charge on any atom is 0.0822 e. The van der Waals surface area contributed by atoms with Crippen LogP contribution in [0.15, 0.2) is 146 Å². The van der Waals surface area contributed by atoms with Gasteiger partial charge in [-0.3, -0.25) is 0 Å². The van der Waals surface area contributed by atoms with Crippen molar-refractivity contribution in [3.05, 3.63) is 212 Å². The lowest BCUT2D eigenvalue weighted by atomic mass is 9.92. The summed E-state index contributed by atoms with van der Waals surface area (Å²) in [5.74, 6) is 0. The Bertz CT molecular complexity index is 5060. The number of hydrogen-bond donors (Lipinski definition) is 2. The highest BCUT2D eigenvalue weighted by Crippen LogP contribution is 2.52. The molecule has 17 aromatic rings. The zero-order chi connectivity index (χ0) is 57.2. The molecular weight excluding hydrogens is 1020 g/mol. The Hall–Kier alpha value is -9.64. The maximum atomic E-state index is 5.98. The quantitative estimate of drug-likeness (QED) is 0.185. The van der Waals surface area contributed by atoms with Crippen LogP contribution in [0.3, 0.4) is 0 Å². The van der Waals surface area contributed by atoms with Crippen LogP contribution < -0.4 is 0 Å². The van der Waals surface area contributed by atoms with Gasteiger partial charge in [-0.05, 0) is 264 Å². The summed E-state index contributed by atoms with van der Waals surface area (Å²) in [5, 5.41) is 19.0. The fraction of sp³-hybridized carbons (Fsp3) is 0.150. The second-order valence-corrected chi connectivity index (χ2v) is 25.3. The van der Waals surface area contributed by atoms with E-state index in [0.29, 0.717) is 0 Å². The van der Waals surface area contributed by atoms with E-state index in [4.69, 9.17) is 9.97 Å². The van der Waals surface area contributed by atoms with Gasteiger partial charge in [0.05, 0.1) is 22.1 Å². The highest BCUT2D eigenvalue weighted by atomic mass is 14.8. The van der Waals surface area contributed by atoms with Gasteiger partial charge >= 0.3 is 0 Å². The number of aromatic nitrogens is 4. The van der Waals surface area contributed by atoms with Crippen molar-refractivity contribution < 1.29 is 0 Å². The number of nitrogens with one attached hydrogen (secondary N) is 2. The lowest BCUT2D eigenvalue weighted by Gasteiger charge is -2.12. The smallest absolute Gasteiger partial charge is 0.0822 e. The molecule has 0 amide bonds. The molecule has 8 bridgehead atoms. The van der Waals surface area contributed by atoms with Gasteiger partial charge in [-0.15, -0.1) is 0 Å². The summed E-state index contributed by atoms with van der Waals surface area (Å²) in [7, 11) is 0. The first-order valence-corrected chi connectivity index (χ1v) is 29.8. The van der Waals surface area contributed by atoms with Crippen molar-refractivity contribution in [2.24, 2.45) is 0 Å². The summed E-state index contributed by atoms with van der Waals surface area (Å²) < 4.78 is 0.